The molecule has 0 aliphatic rings. The summed E-state index contributed by atoms with van der Waals surface area (Å²) in [6.45, 7) is 6.43. The summed E-state index contributed by atoms with van der Waals surface area (Å²) in [7, 11) is -1.93. The summed E-state index contributed by atoms with van der Waals surface area (Å²) in [5.74, 6) is 0.433. The highest BCUT2D eigenvalue weighted by molar-refractivity contribution is 7.89. The lowest BCUT2D eigenvalue weighted by Gasteiger charge is -2.22. The third kappa shape index (κ3) is 3.17. The van der Waals surface area contributed by atoms with Crippen molar-refractivity contribution >= 4 is 16.0 Å². The van der Waals surface area contributed by atoms with Crippen molar-refractivity contribution in [3.05, 3.63) is 12.4 Å². The zero-order valence-corrected chi connectivity index (χ0v) is 12.0. The van der Waals surface area contributed by atoms with Gasteiger partial charge in [-0.2, -0.15) is 4.31 Å². The van der Waals surface area contributed by atoms with Crippen molar-refractivity contribution in [1.29, 1.82) is 0 Å². The number of hydrogen-bond acceptors (Lipinski definition) is 5. The zero-order chi connectivity index (χ0) is 13.8. The van der Waals surface area contributed by atoms with E-state index in [2.05, 4.69) is 15.3 Å². The van der Waals surface area contributed by atoms with Crippen molar-refractivity contribution in [2.24, 2.45) is 0 Å². The van der Waals surface area contributed by atoms with Crippen LogP contribution in [0.5, 0.6) is 0 Å². The van der Waals surface area contributed by atoms with Gasteiger partial charge in [0.15, 0.2) is 0 Å². The molecule has 0 bridgehead atoms. The average Bonchev–Trinajstić information content (AvgIpc) is 2.38. The SMILES string of the molecule is CCNc1ncc(S(=O)(=O)N(C)C(C)CC)cn1. The molecule has 0 aliphatic heterocycles. The topological polar surface area (TPSA) is 75.2 Å². The molecule has 18 heavy (non-hydrogen) atoms. The molecule has 0 radical (unpaired) electrons. The lowest BCUT2D eigenvalue weighted by Crippen LogP contribution is -2.34. The number of rotatable bonds is 6. The minimum absolute atomic E-state index is 0.0524. The number of anilines is 1. The van der Waals surface area contributed by atoms with Gasteiger partial charge in [0.2, 0.25) is 16.0 Å². The third-order valence-electron chi connectivity index (χ3n) is 2.85. The molecular weight excluding hydrogens is 252 g/mol. The van der Waals surface area contributed by atoms with E-state index >= 15 is 0 Å². The minimum atomic E-state index is -3.50. The van der Waals surface area contributed by atoms with E-state index in [0.717, 1.165) is 6.42 Å². The molecule has 102 valence electrons. The Balaban J connectivity index is 2.98. The molecule has 1 N–H and O–H groups in total. The third-order valence-corrected chi connectivity index (χ3v) is 4.78. The molecule has 1 rings (SSSR count). The highest BCUT2D eigenvalue weighted by Gasteiger charge is 2.25. The van der Waals surface area contributed by atoms with Crippen molar-refractivity contribution in [3.63, 3.8) is 0 Å². The Labute approximate surface area is 108 Å². The Hall–Kier alpha value is -1.21. The summed E-state index contributed by atoms with van der Waals surface area (Å²) in [5, 5.41) is 2.92. The number of hydrogen-bond donors (Lipinski definition) is 1. The Morgan fingerprint density at radius 2 is 1.89 bits per heavy atom. The molecule has 6 nitrogen and oxygen atoms in total. The van der Waals surface area contributed by atoms with Crippen LogP contribution in [0.4, 0.5) is 5.95 Å². The van der Waals surface area contributed by atoms with Crippen LogP contribution in [-0.4, -0.2) is 42.3 Å². The standard InChI is InChI=1S/C11H20N4O2S/c1-5-9(3)15(4)18(16,17)10-7-13-11(12-6-2)14-8-10/h7-9H,5-6H2,1-4H3,(H,12,13,14). The second-order valence-corrected chi connectivity index (χ2v) is 6.05. The lowest BCUT2D eigenvalue weighted by molar-refractivity contribution is 0.380. The predicted molar refractivity (Wildman–Crippen MR) is 70.9 cm³/mol. The van der Waals surface area contributed by atoms with Gasteiger partial charge in [0.25, 0.3) is 0 Å². The Morgan fingerprint density at radius 3 is 2.33 bits per heavy atom. The molecule has 0 saturated carbocycles. The van der Waals surface area contributed by atoms with Gasteiger partial charge in [0.1, 0.15) is 4.90 Å². The first-order valence-electron chi connectivity index (χ1n) is 5.97. The van der Waals surface area contributed by atoms with Crippen LogP contribution in [0.25, 0.3) is 0 Å². The van der Waals surface area contributed by atoms with Gasteiger partial charge in [0.05, 0.1) is 12.4 Å². The number of aromatic nitrogens is 2. The average molecular weight is 272 g/mol. The first kappa shape index (κ1) is 14.8. The van der Waals surface area contributed by atoms with E-state index in [1.54, 1.807) is 7.05 Å². The molecule has 0 spiro atoms. The van der Waals surface area contributed by atoms with Crippen molar-refractivity contribution in [2.75, 3.05) is 18.9 Å². The molecule has 1 unspecified atom stereocenters. The zero-order valence-electron chi connectivity index (χ0n) is 11.2. The van der Waals surface area contributed by atoms with Crippen LogP contribution in [-0.2, 0) is 10.0 Å². The van der Waals surface area contributed by atoms with Crippen LogP contribution in [0.1, 0.15) is 27.2 Å². The lowest BCUT2D eigenvalue weighted by atomic mass is 10.3. The maximum atomic E-state index is 12.2. The summed E-state index contributed by atoms with van der Waals surface area (Å²) in [4.78, 5) is 8.07. The monoisotopic (exact) mass is 272 g/mol. The van der Waals surface area contributed by atoms with E-state index < -0.39 is 10.0 Å². The summed E-state index contributed by atoms with van der Waals surface area (Å²) in [6.07, 6.45) is 3.42. The molecule has 1 aromatic rings. The molecule has 1 aromatic heterocycles. The van der Waals surface area contributed by atoms with Gasteiger partial charge in [-0.1, -0.05) is 6.92 Å². The number of nitrogens with zero attached hydrogens (tertiary/aromatic N) is 3. The smallest absolute Gasteiger partial charge is 0.246 e. The second kappa shape index (κ2) is 6.10. The summed E-state index contributed by atoms with van der Waals surface area (Å²) >= 11 is 0. The van der Waals surface area contributed by atoms with E-state index in [0.29, 0.717) is 12.5 Å². The largest absolute Gasteiger partial charge is 0.355 e. The van der Waals surface area contributed by atoms with Gasteiger partial charge in [-0.05, 0) is 20.3 Å². The Bertz CT molecular complexity index is 472. The maximum Gasteiger partial charge on any atom is 0.246 e. The molecule has 0 fully saturated rings. The van der Waals surface area contributed by atoms with Gasteiger partial charge in [-0.15, -0.1) is 0 Å². The van der Waals surface area contributed by atoms with Crippen LogP contribution < -0.4 is 5.32 Å². The summed E-state index contributed by atoms with van der Waals surface area (Å²) in [5.41, 5.74) is 0. The quantitative estimate of drug-likeness (QED) is 0.845. The van der Waals surface area contributed by atoms with Crippen LogP contribution in [0.3, 0.4) is 0 Å². The molecule has 0 saturated heterocycles. The van der Waals surface area contributed by atoms with Crippen LogP contribution in [0.2, 0.25) is 0 Å². The number of sulfonamides is 1. The highest BCUT2D eigenvalue weighted by Crippen LogP contribution is 2.16. The van der Waals surface area contributed by atoms with E-state index in [9.17, 15) is 8.42 Å². The van der Waals surface area contributed by atoms with Gasteiger partial charge in [0, 0.05) is 19.6 Å². The molecule has 1 atom stereocenters. The van der Waals surface area contributed by atoms with E-state index in [1.165, 1.54) is 16.7 Å². The van der Waals surface area contributed by atoms with Gasteiger partial charge < -0.3 is 5.32 Å². The predicted octanol–water partition coefficient (Wildman–Crippen LogP) is 1.33. The molecule has 1 heterocycles. The van der Waals surface area contributed by atoms with Crippen LogP contribution >= 0.6 is 0 Å². The van der Waals surface area contributed by atoms with Crippen molar-refractivity contribution < 1.29 is 8.42 Å². The van der Waals surface area contributed by atoms with E-state index in [1.807, 2.05) is 20.8 Å². The summed E-state index contributed by atoms with van der Waals surface area (Å²) in [6, 6.07) is -0.0524. The van der Waals surface area contributed by atoms with Crippen molar-refractivity contribution in [3.8, 4) is 0 Å². The fraction of sp³-hybridized carbons (Fsp3) is 0.636. The fourth-order valence-corrected chi connectivity index (χ4v) is 2.69. The first-order valence-corrected chi connectivity index (χ1v) is 7.41. The number of nitrogens with one attached hydrogen (secondary N) is 1. The van der Waals surface area contributed by atoms with Gasteiger partial charge >= 0.3 is 0 Å². The molecule has 0 aliphatic carbocycles. The van der Waals surface area contributed by atoms with Gasteiger partial charge in [-0.3, -0.25) is 0 Å². The minimum Gasteiger partial charge on any atom is -0.355 e. The summed E-state index contributed by atoms with van der Waals surface area (Å²) < 4.78 is 25.8. The molecular formula is C11H20N4O2S. The van der Waals surface area contributed by atoms with Crippen molar-refractivity contribution in [2.45, 2.75) is 38.1 Å². The van der Waals surface area contributed by atoms with Crippen LogP contribution in [0.15, 0.2) is 17.3 Å². The molecule has 0 aromatic carbocycles. The first-order chi connectivity index (χ1) is 8.43. The second-order valence-electron chi connectivity index (χ2n) is 4.05. The molecule has 0 amide bonds. The Kier molecular flexibility index (Phi) is 5.03. The maximum absolute atomic E-state index is 12.2. The Morgan fingerprint density at radius 1 is 1.33 bits per heavy atom. The van der Waals surface area contributed by atoms with Gasteiger partial charge in [-0.25, -0.2) is 18.4 Å². The van der Waals surface area contributed by atoms with E-state index in [-0.39, 0.29) is 10.9 Å². The normalized spacial score (nSPS) is 13.6. The fourth-order valence-electron chi connectivity index (χ4n) is 1.36. The van der Waals surface area contributed by atoms with Crippen LogP contribution in [0, 0.1) is 0 Å². The highest BCUT2D eigenvalue weighted by atomic mass is 32.2. The van der Waals surface area contributed by atoms with E-state index in [4.69, 9.17) is 0 Å². The molecule has 7 heteroatoms. The van der Waals surface area contributed by atoms with Crippen molar-refractivity contribution in [1.82, 2.24) is 14.3 Å².